The first-order chi connectivity index (χ1) is 31.7. The number of carbonyl (C=O) groups is 5. The summed E-state index contributed by atoms with van der Waals surface area (Å²) in [6.45, 7) is 2.85. The van der Waals surface area contributed by atoms with Crippen LogP contribution in [0.1, 0.15) is 90.0 Å². The Labute approximate surface area is 375 Å². The quantitative estimate of drug-likeness (QED) is 0.0655. The highest BCUT2D eigenvalue weighted by Gasteiger charge is 2.39. The number of hydrogen-bond donors (Lipinski definition) is 4. The molecule has 4 aromatic carbocycles. The van der Waals surface area contributed by atoms with E-state index in [2.05, 4.69) is 20.6 Å². The van der Waals surface area contributed by atoms with Crippen molar-refractivity contribution in [2.75, 3.05) is 33.9 Å². The minimum Gasteiger partial charge on any atom is -0.461 e. The third-order valence-corrected chi connectivity index (χ3v) is 11.8. The highest BCUT2D eigenvalue weighted by atomic mass is 16.5. The molecular formula is C49H50N8O8. The Hall–Kier alpha value is -7.75. The van der Waals surface area contributed by atoms with Crippen LogP contribution in [0.5, 0.6) is 0 Å². The summed E-state index contributed by atoms with van der Waals surface area (Å²) in [5, 5.41) is 5.39. The third-order valence-electron chi connectivity index (χ3n) is 11.8. The number of likely N-dealkylation sites (tertiary alicyclic amines) is 2. The summed E-state index contributed by atoms with van der Waals surface area (Å²) in [5.41, 5.74) is 6.17. The smallest absolute Gasteiger partial charge is 0.407 e. The fourth-order valence-corrected chi connectivity index (χ4v) is 8.61. The van der Waals surface area contributed by atoms with Crippen LogP contribution in [0, 0.1) is 0 Å². The molecule has 4 heterocycles. The van der Waals surface area contributed by atoms with Gasteiger partial charge in [0.05, 0.1) is 50.5 Å². The molecule has 0 radical (unpaired) electrons. The predicted octanol–water partition coefficient (Wildman–Crippen LogP) is 7.83. The zero-order chi connectivity index (χ0) is 45.5. The minimum absolute atomic E-state index is 0.114. The lowest BCUT2D eigenvalue weighted by molar-refractivity contribution is -0.135. The Morgan fingerprint density at radius 1 is 0.646 bits per heavy atom. The van der Waals surface area contributed by atoms with Crippen LogP contribution in [0.25, 0.3) is 33.6 Å². The van der Waals surface area contributed by atoms with Gasteiger partial charge in [-0.25, -0.2) is 24.4 Å². The van der Waals surface area contributed by atoms with Crippen LogP contribution in [-0.2, 0) is 23.8 Å². The van der Waals surface area contributed by atoms with Crippen LogP contribution in [0.4, 0.5) is 9.59 Å². The summed E-state index contributed by atoms with van der Waals surface area (Å²) in [5.74, 6) is -0.0350. The number of nitrogens with zero attached hydrogens (tertiary/aromatic N) is 4. The molecule has 2 aliphatic rings. The molecule has 0 bridgehead atoms. The van der Waals surface area contributed by atoms with Crippen molar-refractivity contribution in [3.8, 4) is 33.6 Å². The largest absolute Gasteiger partial charge is 0.461 e. The van der Waals surface area contributed by atoms with Gasteiger partial charge in [-0.15, -0.1) is 0 Å². The van der Waals surface area contributed by atoms with Crippen molar-refractivity contribution in [1.29, 1.82) is 0 Å². The molecule has 8 rings (SSSR count). The van der Waals surface area contributed by atoms with Crippen LogP contribution in [-0.4, -0.2) is 93.6 Å². The molecule has 0 saturated carbocycles. The van der Waals surface area contributed by atoms with Gasteiger partial charge in [0.1, 0.15) is 23.7 Å². The second-order valence-corrected chi connectivity index (χ2v) is 15.7. The Morgan fingerprint density at radius 2 is 1.12 bits per heavy atom. The number of aromatic nitrogens is 4. The maximum absolute atomic E-state index is 14.1. The molecule has 4 amide bonds. The normalized spacial score (nSPS) is 16.7. The maximum atomic E-state index is 14.1. The molecule has 6 aromatic rings. The van der Waals surface area contributed by atoms with Crippen molar-refractivity contribution >= 4 is 30.0 Å². The molecule has 16 heteroatoms. The highest BCUT2D eigenvalue weighted by Crippen LogP contribution is 2.37. The maximum Gasteiger partial charge on any atom is 0.407 e. The summed E-state index contributed by atoms with van der Waals surface area (Å²) in [6, 6.07) is 31.2. The average Bonchev–Trinajstić information content (AvgIpc) is 4.20. The molecule has 0 spiro atoms. The number of alkyl carbamates (subject to hydrolysis) is 2. The van der Waals surface area contributed by atoms with E-state index in [0.29, 0.717) is 60.0 Å². The number of esters is 1. The van der Waals surface area contributed by atoms with Crippen molar-refractivity contribution in [2.24, 2.45) is 0 Å². The first kappa shape index (κ1) is 43.9. The number of hydrogen-bond acceptors (Lipinski definition) is 10. The number of nitrogens with one attached hydrogen (secondary N) is 4. The van der Waals surface area contributed by atoms with Gasteiger partial charge in [0.25, 0.3) is 11.8 Å². The molecule has 4 N–H and O–H groups in total. The van der Waals surface area contributed by atoms with E-state index in [-0.39, 0.29) is 30.2 Å². The molecule has 4 atom stereocenters. The van der Waals surface area contributed by atoms with E-state index < -0.39 is 36.3 Å². The van der Waals surface area contributed by atoms with Gasteiger partial charge < -0.3 is 44.6 Å². The van der Waals surface area contributed by atoms with E-state index in [9.17, 15) is 24.0 Å². The summed E-state index contributed by atoms with van der Waals surface area (Å²) in [7, 11) is 2.52. The molecule has 65 heavy (non-hydrogen) atoms. The minimum atomic E-state index is -0.986. The standard InChI is InChI=1S/C49H50N8O8/c1-4-65-47(60)42-39(52-44(53-42)38-18-12-28-57(38)46(59)41(55-49(62)64-3)34-15-9-6-10-16-34)35-25-21-31(22-26-35)30-19-23-32(24-20-30)36-29-50-43(51-36)37-17-11-27-56(37)45(58)40(54-48(61)63-2)33-13-7-5-8-14-33/h5-10,13-16,19-26,29,37-38,40-41H,4,11-12,17-18,27-28H2,1-3H3,(H,50,51)(H,52,53)(H,54,61)(H,55,62)/t37-,38?,40+,41+/m0/s1. The molecule has 0 aliphatic carbocycles. The number of amides is 4. The molecule has 334 valence electrons. The van der Waals surface area contributed by atoms with Gasteiger partial charge in [-0.05, 0) is 60.4 Å². The second-order valence-electron chi connectivity index (χ2n) is 15.7. The fourth-order valence-electron chi connectivity index (χ4n) is 8.61. The van der Waals surface area contributed by atoms with Gasteiger partial charge in [-0.2, -0.15) is 0 Å². The lowest BCUT2D eigenvalue weighted by atomic mass is 10.0. The molecule has 1 unspecified atom stereocenters. The van der Waals surface area contributed by atoms with Crippen molar-refractivity contribution in [3.63, 3.8) is 0 Å². The molecule has 2 aliphatic heterocycles. The number of benzene rings is 4. The molecule has 16 nitrogen and oxygen atoms in total. The van der Waals surface area contributed by atoms with Crippen molar-refractivity contribution in [2.45, 2.75) is 56.8 Å². The van der Waals surface area contributed by atoms with E-state index in [0.717, 1.165) is 35.2 Å². The Kier molecular flexibility index (Phi) is 13.3. The van der Waals surface area contributed by atoms with E-state index in [1.165, 1.54) is 14.2 Å². The first-order valence-corrected chi connectivity index (χ1v) is 21.6. The van der Waals surface area contributed by atoms with Gasteiger partial charge in [0.2, 0.25) is 0 Å². The number of methoxy groups -OCH3 is 2. The second kappa shape index (κ2) is 19.7. The molecular weight excluding hydrogens is 829 g/mol. The first-order valence-electron chi connectivity index (χ1n) is 21.6. The highest BCUT2D eigenvalue weighted by molar-refractivity contribution is 5.95. The van der Waals surface area contributed by atoms with Crippen molar-refractivity contribution in [1.82, 2.24) is 40.4 Å². The van der Waals surface area contributed by atoms with Gasteiger partial charge in [-0.3, -0.25) is 9.59 Å². The zero-order valence-corrected chi connectivity index (χ0v) is 36.3. The van der Waals surface area contributed by atoms with E-state index >= 15 is 0 Å². The van der Waals surface area contributed by atoms with Gasteiger partial charge in [0, 0.05) is 18.7 Å². The number of imidazole rings is 2. The molecule has 2 aromatic heterocycles. The zero-order valence-electron chi connectivity index (χ0n) is 36.3. The lowest BCUT2D eigenvalue weighted by Gasteiger charge is -2.28. The van der Waals surface area contributed by atoms with E-state index in [4.69, 9.17) is 24.2 Å². The lowest BCUT2D eigenvalue weighted by Crippen LogP contribution is -2.42. The van der Waals surface area contributed by atoms with Crippen LogP contribution < -0.4 is 10.6 Å². The summed E-state index contributed by atoms with van der Waals surface area (Å²) >= 11 is 0. The van der Waals surface area contributed by atoms with E-state index in [1.807, 2.05) is 72.8 Å². The summed E-state index contributed by atoms with van der Waals surface area (Å²) in [6.07, 6.45) is 3.15. The monoisotopic (exact) mass is 878 g/mol. The van der Waals surface area contributed by atoms with Gasteiger partial charge in [-0.1, -0.05) is 109 Å². The van der Waals surface area contributed by atoms with Crippen LogP contribution >= 0.6 is 0 Å². The number of H-pyrrole nitrogens is 2. The topological polar surface area (TPSA) is 201 Å². The number of aromatic amines is 2. The SMILES string of the molecule is CCOC(=O)c1nc(C2CCCN2C(=O)[C@H](NC(=O)OC)c2ccccc2)[nH]c1-c1ccc(-c2ccc(-c3cnc([C@@H]4CCCN4C(=O)[C@H](NC(=O)OC)c4ccccc4)[nH]3)cc2)cc1. The Morgan fingerprint density at radius 3 is 1.62 bits per heavy atom. The van der Waals surface area contributed by atoms with Crippen LogP contribution in [0.3, 0.4) is 0 Å². The molecule has 2 fully saturated rings. The number of ether oxygens (including phenoxy) is 3. The number of carbonyl (C=O) groups excluding carboxylic acids is 5. The van der Waals surface area contributed by atoms with Crippen molar-refractivity contribution < 1.29 is 38.2 Å². The van der Waals surface area contributed by atoms with Gasteiger partial charge >= 0.3 is 18.2 Å². The summed E-state index contributed by atoms with van der Waals surface area (Å²) < 4.78 is 15.1. The summed E-state index contributed by atoms with van der Waals surface area (Å²) in [4.78, 5) is 85.7. The fraction of sp³-hybridized carbons (Fsp3) is 0.286. The number of rotatable bonds is 13. The predicted molar refractivity (Wildman–Crippen MR) is 240 cm³/mol. The van der Waals surface area contributed by atoms with E-state index in [1.54, 1.807) is 59.3 Å². The third kappa shape index (κ3) is 9.47. The van der Waals surface area contributed by atoms with Crippen LogP contribution in [0.15, 0.2) is 115 Å². The molecule has 2 saturated heterocycles. The van der Waals surface area contributed by atoms with Crippen molar-refractivity contribution in [3.05, 3.63) is 144 Å². The Bertz CT molecular complexity index is 2630. The van der Waals surface area contributed by atoms with Gasteiger partial charge in [0.15, 0.2) is 5.69 Å². The van der Waals surface area contributed by atoms with Crippen LogP contribution in [0.2, 0.25) is 0 Å². The average molecular weight is 879 g/mol. The Balaban J connectivity index is 0.988.